The van der Waals surface area contributed by atoms with E-state index in [1.807, 2.05) is 6.92 Å². The van der Waals surface area contributed by atoms with Gasteiger partial charge in [-0.05, 0) is 44.5 Å². The smallest absolute Gasteiger partial charge is 0.387 e. The molecule has 2 rings (SSSR count). The zero-order valence-electron chi connectivity index (χ0n) is 12.6. The molecule has 22 heavy (non-hydrogen) atoms. The van der Waals surface area contributed by atoms with E-state index in [0.29, 0.717) is 29.1 Å². The number of carbonyl (C=O) groups excluding carboxylic acids is 1. The van der Waals surface area contributed by atoms with Gasteiger partial charge < -0.3 is 10.1 Å². The highest BCUT2D eigenvalue weighted by Gasteiger charge is 2.14. The highest BCUT2D eigenvalue weighted by atomic mass is 19.3. The van der Waals surface area contributed by atoms with Crippen molar-refractivity contribution in [2.45, 2.75) is 33.9 Å². The number of benzene rings is 1. The minimum Gasteiger partial charge on any atom is -0.435 e. The Kier molecular flexibility index (Phi) is 4.75. The van der Waals surface area contributed by atoms with Crippen LogP contribution in [0.3, 0.4) is 0 Å². The average molecular weight is 309 g/mol. The van der Waals surface area contributed by atoms with Crippen molar-refractivity contribution < 1.29 is 18.3 Å². The highest BCUT2D eigenvalue weighted by molar-refractivity contribution is 6.05. The van der Waals surface area contributed by atoms with Crippen molar-refractivity contribution >= 4 is 11.6 Å². The van der Waals surface area contributed by atoms with Crippen molar-refractivity contribution in [3.8, 4) is 5.75 Å². The summed E-state index contributed by atoms with van der Waals surface area (Å²) in [5.74, 6) is -0.233. The van der Waals surface area contributed by atoms with E-state index in [1.165, 1.54) is 18.2 Å². The molecular weight excluding hydrogens is 292 g/mol. The number of aromatic nitrogens is 2. The van der Waals surface area contributed by atoms with Gasteiger partial charge in [-0.3, -0.25) is 9.48 Å². The average Bonchev–Trinajstić information content (AvgIpc) is 2.82. The fourth-order valence-electron chi connectivity index (χ4n) is 2.05. The van der Waals surface area contributed by atoms with Gasteiger partial charge in [0.15, 0.2) is 0 Å². The van der Waals surface area contributed by atoms with E-state index < -0.39 is 6.61 Å². The topological polar surface area (TPSA) is 56.2 Å². The molecule has 118 valence electrons. The molecule has 0 saturated heterocycles. The third kappa shape index (κ3) is 3.60. The minimum atomic E-state index is -2.87. The third-order valence-electron chi connectivity index (χ3n) is 3.19. The number of nitrogens with one attached hydrogen (secondary N) is 1. The standard InChI is InChI=1S/C15H17F2N3O2/c1-4-20-8-12(10(3)19-20)14(21)18-13-6-5-11(7-9(13)2)22-15(16)17/h5-8,15H,4H2,1-3H3,(H,18,21). The molecule has 1 aromatic heterocycles. The largest absolute Gasteiger partial charge is 0.435 e. The van der Waals surface area contributed by atoms with Crippen LogP contribution in [0, 0.1) is 13.8 Å². The van der Waals surface area contributed by atoms with Crippen LogP contribution in [0.25, 0.3) is 0 Å². The van der Waals surface area contributed by atoms with Crippen LogP contribution in [0.2, 0.25) is 0 Å². The number of ether oxygens (including phenoxy) is 1. The molecule has 0 radical (unpaired) electrons. The van der Waals surface area contributed by atoms with Crippen molar-refractivity contribution in [3.05, 3.63) is 41.2 Å². The number of nitrogens with zero attached hydrogens (tertiary/aromatic N) is 2. The molecule has 0 spiro atoms. The first-order valence-corrected chi connectivity index (χ1v) is 6.81. The Bertz CT molecular complexity index is 683. The Hall–Kier alpha value is -2.44. The summed E-state index contributed by atoms with van der Waals surface area (Å²) in [5, 5.41) is 6.96. The second-order valence-corrected chi connectivity index (χ2v) is 4.79. The van der Waals surface area contributed by atoms with Gasteiger partial charge >= 0.3 is 6.61 Å². The quantitative estimate of drug-likeness (QED) is 0.921. The molecule has 0 aliphatic heterocycles. The molecule has 0 aliphatic carbocycles. The van der Waals surface area contributed by atoms with E-state index in [1.54, 1.807) is 24.7 Å². The number of hydrogen-bond donors (Lipinski definition) is 1. The predicted molar refractivity (Wildman–Crippen MR) is 78.4 cm³/mol. The minimum absolute atomic E-state index is 0.0560. The van der Waals surface area contributed by atoms with Crippen LogP contribution in [0.5, 0.6) is 5.75 Å². The summed E-state index contributed by atoms with van der Waals surface area (Å²) >= 11 is 0. The Labute approximate surface area is 126 Å². The molecule has 7 heteroatoms. The predicted octanol–water partition coefficient (Wildman–Crippen LogP) is 3.37. The zero-order valence-corrected chi connectivity index (χ0v) is 12.6. The normalized spacial score (nSPS) is 10.8. The van der Waals surface area contributed by atoms with Crippen molar-refractivity contribution in [2.24, 2.45) is 0 Å². The summed E-state index contributed by atoms with van der Waals surface area (Å²) in [6.45, 7) is 3.19. The molecule has 2 aromatic rings. The van der Waals surface area contributed by atoms with Gasteiger partial charge in [0.1, 0.15) is 5.75 Å². The lowest BCUT2D eigenvalue weighted by atomic mass is 10.1. The van der Waals surface area contributed by atoms with Gasteiger partial charge in [0.25, 0.3) is 5.91 Å². The first-order valence-electron chi connectivity index (χ1n) is 6.81. The molecule has 0 unspecified atom stereocenters. The Morgan fingerprint density at radius 2 is 2.14 bits per heavy atom. The van der Waals surface area contributed by atoms with Gasteiger partial charge in [0.05, 0.1) is 11.3 Å². The molecule has 0 saturated carbocycles. The van der Waals surface area contributed by atoms with Gasteiger partial charge in [0.2, 0.25) is 0 Å². The third-order valence-corrected chi connectivity index (χ3v) is 3.19. The number of hydrogen-bond acceptors (Lipinski definition) is 3. The maximum Gasteiger partial charge on any atom is 0.387 e. The number of alkyl halides is 2. The molecule has 0 aliphatic rings. The molecule has 1 amide bonds. The molecule has 5 nitrogen and oxygen atoms in total. The van der Waals surface area contributed by atoms with Gasteiger partial charge in [-0.15, -0.1) is 0 Å². The lowest BCUT2D eigenvalue weighted by molar-refractivity contribution is -0.0498. The molecule has 1 heterocycles. The summed E-state index contributed by atoms with van der Waals surface area (Å²) in [6, 6.07) is 4.37. The SMILES string of the molecule is CCn1cc(C(=O)Nc2ccc(OC(F)F)cc2C)c(C)n1. The first-order chi connectivity index (χ1) is 10.4. The van der Waals surface area contributed by atoms with E-state index in [2.05, 4.69) is 15.2 Å². The van der Waals surface area contributed by atoms with Crippen molar-refractivity contribution in [1.82, 2.24) is 9.78 Å². The molecular formula is C15H17F2N3O2. The van der Waals surface area contributed by atoms with Crippen LogP contribution >= 0.6 is 0 Å². The maximum absolute atomic E-state index is 12.3. The molecule has 0 bridgehead atoms. The lowest BCUT2D eigenvalue weighted by Gasteiger charge is -2.10. The van der Waals surface area contributed by atoms with E-state index >= 15 is 0 Å². The monoisotopic (exact) mass is 309 g/mol. The van der Waals surface area contributed by atoms with Gasteiger partial charge in [-0.1, -0.05) is 0 Å². The Balaban J connectivity index is 2.16. The highest BCUT2D eigenvalue weighted by Crippen LogP contribution is 2.23. The van der Waals surface area contributed by atoms with Gasteiger partial charge in [-0.2, -0.15) is 13.9 Å². The fraction of sp³-hybridized carbons (Fsp3) is 0.333. The lowest BCUT2D eigenvalue weighted by Crippen LogP contribution is -2.13. The first kappa shape index (κ1) is 15.9. The van der Waals surface area contributed by atoms with E-state index in [-0.39, 0.29) is 11.7 Å². The van der Waals surface area contributed by atoms with Crippen LogP contribution < -0.4 is 10.1 Å². The maximum atomic E-state index is 12.3. The van der Waals surface area contributed by atoms with E-state index in [4.69, 9.17) is 0 Å². The number of amides is 1. The van der Waals surface area contributed by atoms with Crippen LogP contribution in [-0.2, 0) is 6.54 Å². The van der Waals surface area contributed by atoms with Crippen LogP contribution in [0.1, 0.15) is 28.5 Å². The number of rotatable bonds is 5. The van der Waals surface area contributed by atoms with Crippen molar-refractivity contribution in [3.63, 3.8) is 0 Å². The number of carbonyl (C=O) groups is 1. The van der Waals surface area contributed by atoms with Crippen LogP contribution in [-0.4, -0.2) is 22.3 Å². The van der Waals surface area contributed by atoms with Gasteiger partial charge in [-0.25, -0.2) is 0 Å². The van der Waals surface area contributed by atoms with Crippen molar-refractivity contribution in [1.29, 1.82) is 0 Å². The van der Waals surface area contributed by atoms with Crippen LogP contribution in [0.4, 0.5) is 14.5 Å². The molecule has 0 fully saturated rings. The molecule has 1 N–H and O–H groups in total. The zero-order chi connectivity index (χ0) is 16.3. The molecule has 1 aromatic carbocycles. The summed E-state index contributed by atoms with van der Waals surface area (Å²) < 4.78 is 30.3. The van der Waals surface area contributed by atoms with E-state index in [0.717, 1.165) is 0 Å². The van der Waals surface area contributed by atoms with E-state index in [9.17, 15) is 13.6 Å². The summed E-state index contributed by atoms with van der Waals surface area (Å²) in [4.78, 5) is 12.3. The second-order valence-electron chi connectivity index (χ2n) is 4.79. The second kappa shape index (κ2) is 6.55. The summed E-state index contributed by atoms with van der Waals surface area (Å²) in [6.07, 6.45) is 1.67. The van der Waals surface area contributed by atoms with Crippen LogP contribution in [0.15, 0.2) is 24.4 Å². The fourth-order valence-corrected chi connectivity index (χ4v) is 2.05. The number of aryl methyl sites for hydroxylation is 3. The van der Waals surface area contributed by atoms with Gasteiger partial charge in [0, 0.05) is 18.4 Å². The Morgan fingerprint density at radius 3 is 2.68 bits per heavy atom. The molecule has 0 atom stereocenters. The number of anilines is 1. The summed E-state index contributed by atoms with van der Waals surface area (Å²) in [5.41, 5.74) is 2.28. The number of halogens is 2. The Morgan fingerprint density at radius 1 is 1.41 bits per heavy atom. The van der Waals surface area contributed by atoms with Crippen molar-refractivity contribution in [2.75, 3.05) is 5.32 Å². The summed E-state index contributed by atoms with van der Waals surface area (Å²) in [7, 11) is 0.